The molecule has 2 heterocycles. The summed E-state index contributed by atoms with van der Waals surface area (Å²) in [5, 5.41) is 8.57. The third-order valence-electron chi connectivity index (χ3n) is 3.42. The van der Waals surface area contributed by atoms with E-state index < -0.39 is 5.97 Å². The van der Waals surface area contributed by atoms with Gasteiger partial charge in [0.25, 0.3) is 0 Å². The van der Waals surface area contributed by atoms with Crippen LogP contribution in [0, 0.1) is 0 Å². The Balaban J connectivity index is 1.72. The van der Waals surface area contributed by atoms with Crippen molar-refractivity contribution in [2.24, 2.45) is 0 Å². The zero-order valence-electron chi connectivity index (χ0n) is 11.3. The molecule has 1 N–H and O–H groups in total. The molecular weight excluding hydrogens is 246 g/mol. The number of hydrogen-bond acceptors (Lipinski definition) is 4. The lowest BCUT2D eigenvalue weighted by molar-refractivity contribution is -0.145. The number of ether oxygens (including phenoxy) is 1. The first-order valence-electron chi connectivity index (χ1n) is 6.80. The van der Waals surface area contributed by atoms with E-state index in [4.69, 9.17) is 14.3 Å². The fourth-order valence-corrected chi connectivity index (χ4v) is 2.34. The zero-order valence-corrected chi connectivity index (χ0v) is 11.3. The van der Waals surface area contributed by atoms with Crippen molar-refractivity contribution >= 4 is 5.97 Å². The van der Waals surface area contributed by atoms with Gasteiger partial charge in [-0.15, -0.1) is 0 Å². The minimum absolute atomic E-state index is 0.0788. The smallest absolute Gasteiger partial charge is 0.329 e. The van der Waals surface area contributed by atoms with Gasteiger partial charge in [-0.25, -0.2) is 4.79 Å². The Labute approximate surface area is 113 Å². The molecule has 0 bridgehead atoms. The average Bonchev–Trinajstić information content (AvgIpc) is 2.85. The number of carboxylic acids is 1. The molecule has 0 aliphatic carbocycles. The lowest BCUT2D eigenvalue weighted by atomic mass is 10.1. The van der Waals surface area contributed by atoms with Gasteiger partial charge in [-0.1, -0.05) is 6.92 Å². The van der Waals surface area contributed by atoms with Crippen molar-refractivity contribution in [1.82, 2.24) is 4.90 Å². The molecule has 5 heteroatoms. The van der Waals surface area contributed by atoms with Crippen LogP contribution in [-0.2, 0) is 22.5 Å². The summed E-state index contributed by atoms with van der Waals surface area (Å²) >= 11 is 0. The molecule has 5 nitrogen and oxygen atoms in total. The van der Waals surface area contributed by atoms with Crippen LogP contribution < -0.4 is 0 Å². The summed E-state index contributed by atoms with van der Waals surface area (Å²) in [4.78, 5) is 12.7. The number of furan rings is 1. The molecule has 19 heavy (non-hydrogen) atoms. The SMILES string of the molecule is CCc1ccc(CN2CCC(OCC(=O)O)CC2)o1. The molecule has 1 aliphatic rings. The van der Waals surface area contributed by atoms with Crippen LogP contribution in [0.3, 0.4) is 0 Å². The Kier molecular flexibility index (Phi) is 4.99. The lowest BCUT2D eigenvalue weighted by Crippen LogP contribution is -2.37. The molecule has 0 unspecified atom stereocenters. The van der Waals surface area contributed by atoms with Gasteiger partial charge in [-0.2, -0.15) is 0 Å². The molecular formula is C14H21NO4. The fourth-order valence-electron chi connectivity index (χ4n) is 2.34. The molecule has 1 saturated heterocycles. The second-order valence-corrected chi connectivity index (χ2v) is 4.90. The molecule has 0 amide bonds. The average molecular weight is 267 g/mol. The predicted molar refractivity (Wildman–Crippen MR) is 70.0 cm³/mol. The predicted octanol–water partition coefficient (Wildman–Crippen LogP) is 1.91. The number of rotatable bonds is 6. The molecule has 0 aromatic carbocycles. The van der Waals surface area contributed by atoms with E-state index in [9.17, 15) is 4.79 Å². The number of aryl methyl sites for hydroxylation is 1. The standard InChI is InChI=1S/C14H21NO4/c1-2-11-3-4-13(19-11)9-15-7-5-12(6-8-15)18-10-14(16)17/h3-4,12H,2,5-10H2,1H3,(H,16,17). The summed E-state index contributed by atoms with van der Waals surface area (Å²) in [5.41, 5.74) is 0. The van der Waals surface area contributed by atoms with Crippen LogP contribution in [0.5, 0.6) is 0 Å². The number of nitrogens with zero attached hydrogens (tertiary/aromatic N) is 1. The highest BCUT2D eigenvalue weighted by Gasteiger charge is 2.21. The molecule has 0 spiro atoms. The van der Waals surface area contributed by atoms with E-state index in [-0.39, 0.29) is 12.7 Å². The highest BCUT2D eigenvalue weighted by atomic mass is 16.5. The normalized spacial score (nSPS) is 17.7. The van der Waals surface area contributed by atoms with Crippen LogP contribution in [0.4, 0.5) is 0 Å². The Morgan fingerprint density at radius 2 is 2.11 bits per heavy atom. The summed E-state index contributed by atoms with van der Waals surface area (Å²) in [5.74, 6) is 1.13. The highest BCUT2D eigenvalue weighted by molar-refractivity contribution is 5.68. The van der Waals surface area contributed by atoms with Crippen molar-refractivity contribution in [1.29, 1.82) is 0 Å². The van der Waals surface area contributed by atoms with Gasteiger partial charge in [-0.05, 0) is 25.0 Å². The maximum Gasteiger partial charge on any atom is 0.329 e. The van der Waals surface area contributed by atoms with Crippen LogP contribution in [0.2, 0.25) is 0 Å². The Hall–Kier alpha value is -1.33. The molecule has 1 aromatic heterocycles. The number of hydrogen-bond donors (Lipinski definition) is 1. The summed E-state index contributed by atoms with van der Waals surface area (Å²) in [6.45, 7) is 4.56. The van der Waals surface area contributed by atoms with Crippen molar-refractivity contribution in [2.75, 3.05) is 19.7 Å². The quantitative estimate of drug-likeness (QED) is 0.853. The monoisotopic (exact) mass is 267 g/mol. The van der Waals surface area contributed by atoms with Gasteiger partial charge in [-0.3, -0.25) is 4.90 Å². The molecule has 2 rings (SSSR count). The van der Waals surface area contributed by atoms with Gasteiger partial charge < -0.3 is 14.3 Å². The molecule has 1 aromatic rings. The van der Waals surface area contributed by atoms with Crippen molar-refractivity contribution in [3.8, 4) is 0 Å². The van der Waals surface area contributed by atoms with E-state index in [1.807, 2.05) is 12.1 Å². The van der Waals surface area contributed by atoms with E-state index >= 15 is 0 Å². The van der Waals surface area contributed by atoms with Gasteiger partial charge in [0.2, 0.25) is 0 Å². The third kappa shape index (κ3) is 4.36. The third-order valence-corrected chi connectivity index (χ3v) is 3.42. The molecule has 1 fully saturated rings. The Morgan fingerprint density at radius 1 is 1.42 bits per heavy atom. The summed E-state index contributed by atoms with van der Waals surface area (Å²) in [6, 6.07) is 4.06. The second kappa shape index (κ2) is 6.73. The first-order valence-corrected chi connectivity index (χ1v) is 6.80. The van der Waals surface area contributed by atoms with Crippen LogP contribution in [0.25, 0.3) is 0 Å². The van der Waals surface area contributed by atoms with Gasteiger partial charge in [0.05, 0.1) is 12.6 Å². The number of carbonyl (C=O) groups is 1. The van der Waals surface area contributed by atoms with Crippen molar-refractivity contribution in [3.63, 3.8) is 0 Å². The fraction of sp³-hybridized carbons (Fsp3) is 0.643. The lowest BCUT2D eigenvalue weighted by Gasteiger charge is -2.30. The van der Waals surface area contributed by atoms with Crippen molar-refractivity contribution in [3.05, 3.63) is 23.7 Å². The molecule has 0 radical (unpaired) electrons. The minimum Gasteiger partial charge on any atom is -0.480 e. The number of aliphatic carboxylic acids is 1. The number of piperidine rings is 1. The van der Waals surface area contributed by atoms with E-state index in [0.29, 0.717) is 0 Å². The molecule has 1 aliphatic heterocycles. The van der Waals surface area contributed by atoms with Crippen LogP contribution in [0.15, 0.2) is 16.5 Å². The summed E-state index contributed by atoms with van der Waals surface area (Å²) in [7, 11) is 0. The van der Waals surface area contributed by atoms with Gasteiger partial charge >= 0.3 is 5.97 Å². The Morgan fingerprint density at radius 3 is 2.68 bits per heavy atom. The van der Waals surface area contributed by atoms with E-state index in [2.05, 4.69) is 11.8 Å². The van der Waals surface area contributed by atoms with Crippen LogP contribution in [-0.4, -0.2) is 41.8 Å². The minimum atomic E-state index is -0.898. The van der Waals surface area contributed by atoms with Crippen molar-refractivity contribution < 1.29 is 19.1 Å². The molecule has 106 valence electrons. The maximum absolute atomic E-state index is 10.4. The molecule has 0 atom stereocenters. The van der Waals surface area contributed by atoms with Crippen LogP contribution >= 0.6 is 0 Å². The topological polar surface area (TPSA) is 62.9 Å². The number of likely N-dealkylation sites (tertiary alicyclic amines) is 1. The number of carboxylic acid groups (broad SMARTS) is 1. The van der Waals surface area contributed by atoms with Crippen LogP contribution in [0.1, 0.15) is 31.3 Å². The zero-order chi connectivity index (χ0) is 13.7. The first kappa shape index (κ1) is 14.1. The largest absolute Gasteiger partial charge is 0.480 e. The Bertz CT molecular complexity index is 407. The van der Waals surface area contributed by atoms with E-state index in [0.717, 1.165) is 50.4 Å². The van der Waals surface area contributed by atoms with Crippen molar-refractivity contribution in [2.45, 2.75) is 38.8 Å². The maximum atomic E-state index is 10.4. The van der Waals surface area contributed by atoms with Gasteiger partial charge in [0.15, 0.2) is 0 Å². The highest BCUT2D eigenvalue weighted by Crippen LogP contribution is 2.17. The van der Waals surface area contributed by atoms with E-state index in [1.165, 1.54) is 0 Å². The summed E-state index contributed by atoms with van der Waals surface area (Å²) < 4.78 is 11.0. The van der Waals surface area contributed by atoms with E-state index in [1.54, 1.807) is 0 Å². The first-order chi connectivity index (χ1) is 9.17. The van der Waals surface area contributed by atoms with Gasteiger partial charge in [0, 0.05) is 19.5 Å². The summed E-state index contributed by atoms with van der Waals surface area (Å²) in [6.07, 6.45) is 2.77. The van der Waals surface area contributed by atoms with Gasteiger partial charge in [0.1, 0.15) is 18.1 Å². The second-order valence-electron chi connectivity index (χ2n) is 4.90. The molecule has 0 saturated carbocycles.